The lowest BCUT2D eigenvalue weighted by Gasteiger charge is -2.36. The molecule has 2 aliphatic heterocycles. The molecule has 0 spiro atoms. The first kappa shape index (κ1) is 15.6. The number of para-hydroxylation sites is 1. The zero-order valence-electron chi connectivity index (χ0n) is 10.9. The highest BCUT2D eigenvalue weighted by Gasteiger charge is 2.39. The van der Waals surface area contributed by atoms with E-state index in [-0.39, 0.29) is 24.8 Å². The van der Waals surface area contributed by atoms with Gasteiger partial charge >= 0.3 is 0 Å². The summed E-state index contributed by atoms with van der Waals surface area (Å²) >= 11 is 1.79. The molecule has 0 radical (unpaired) electrons. The molecule has 0 bridgehead atoms. The Morgan fingerprint density at radius 1 is 1.05 bits per heavy atom. The van der Waals surface area contributed by atoms with Crippen molar-refractivity contribution in [3.63, 3.8) is 0 Å². The lowest BCUT2D eigenvalue weighted by atomic mass is 9.81. The molecule has 3 atom stereocenters. The van der Waals surface area contributed by atoms with Crippen LogP contribution in [0, 0.1) is 5.92 Å². The van der Waals surface area contributed by atoms with Gasteiger partial charge in [0.1, 0.15) is 0 Å². The molecule has 1 fully saturated rings. The van der Waals surface area contributed by atoms with Crippen LogP contribution in [0.1, 0.15) is 29.6 Å². The van der Waals surface area contributed by atoms with Gasteiger partial charge in [0.15, 0.2) is 0 Å². The van der Waals surface area contributed by atoms with E-state index in [1.165, 1.54) is 23.2 Å². The zero-order chi connectivity index (χ0) is 11.9. The van der Waals surface area contributed by atoms with Crippen LogP contribution >= 0.6 is 36.2 Å². The van der Waals surface area contributed by atoms with E-state index in [1.807, 2.05) is 0 Å². The molecule has 0 saturated carbocycles. The van der Waals surface area contributed by atoms with Crippen molar-refractivity contribution in [2.75, 3.05) is 11.9 Å². The fourth-order valence-corrected chi connectivity index (χ4v) is 4.08. The number of rotatable bonds is 1. The zero-order valence-corrected chi connectivity index (χ0v) is 13.4. The Labute approximate surface area is 135 Å². The van der Waals surface area contributed by atoms with Crippen molar-refractivity contribution < 1.29 is 0 Å². The Hall–Kier alpha value is -0.740. The lowest BCUT2D eigenvalue weighted by molar-refractivity contribution is 0.391. The van der Waals surface area contributed by atoms with Crippen molar-refractivity contribution in [3.05, 3.63) is 52.2 Å². The summed E-state index contributed by atoms with van der Waals surface area (Å²) in [4.78, 5) is 0. The minimum atomic E-state index is 0. The van der Waals surface area contributed by atoms with Crippen molar-refractivity contribution in [2.45, 2.75) is 18.5 Å². The van der Waals surface area contributed by atoms with Crippen molar-refractivity contribution in [1.82, 2.24) is 5.32 Å². The summed E-state index contributed by atoms with van der Waals surface area (Å²) in [6.07, 6.45) is 1.26. The third-order valence-corrected chi connectivity index (χ3v) is 4.91. The molecule has 2 nitrogen and oxygen atoms in total. The topological polar surface area (TPSA) is 24.1 Å². The van der Waals surface area contributed by atoms with Crippen LogP contribution in [0.5, 0.6) is 0 Å². The fourth-order valence-electron chi connectivity index (χ4n) is 3.38. The molecule has 1 aromatic heterocycles. The van der Waals surface area contributed by atoms with E-state index in [1.54, 1.807) is 11.3 Å². The summed E-state index contributed by atoms with van der Waals surface area (Å²) in [6, 6.07) is 12.0. The number of halogens is 2. The number of hydrogen-bond donors (Lipinski definition) is 2. The number of anilines is 1. The molecule has 2 N–H and O–H groups in total. The molecular weight excluding hydrogens is 311 g/mol. The molecule has 1 saturated heterocycles. The summed E-state index contributed by atoms with van der Waals surface area (Å²) in [5.74, 6) is 0.675. The molecular formula is C15H18Cl2N2S. The summed E-state index contributed by atoms with van der Waals surface area (Å²) < 4.78 is 0. The molecule has 5 heteroatoms. The van der Waals surface area contributed by atoms with Crippen LogP contribution in [0.15, 0.2) is 41.1 Å². The van der Waals surface area contributed by atoms with Crippen LogP contribution in [0.25, 0.3) is 0 Å². The summed E-state index contributed by atoms with van der Waals surface area (Å²) in [5.41, 5.74) is 4.17. The van der Waals surface area contributed by atoms with Crippen LogP contribution in [-0.2, 0) is 0 Å². The Morgan fingerprint density at radius 3 is 2.70 bits per heavy atom. The standard InChI is InChI=1S/C15H16N2S.2ClH/c1-2-4-13-11(3-1)15-12(5-7-16-15)14(17-13)10-6-8-18-9-10;;/h1-4,6,8-9,12,14-17H,5,7H2;2*1H/t12-,14+,15+;;/m1../s1. The first-order valence-electron chi connectivity index (χ1n) is 6.54. The third-order valence-electron chi connectivity index (χ3n) is 4.21. The quantitative estimate of drug-likeness (QED) is 0.810. The molecule has 3 heterocycles. The average molecular weight is 329 g/mol. The van der Waals surface area contributed by atoms with Gasteiger partial charge in [-0.25, -0.2) is 0 Å². The predicted octanol–water partition coefficient (Wildman–Crippen LogP) is 4.41. The molecule has 4 rings (SSSR count). The SMILES string of the molecule is Cl.Cl.c1ccc2c(c1)N[C@@H](c1ccsc1)[C@H]1CCN[C@@H]21. The van der Waals surface area contributed by atoms with Gasteiger partial charge in [0.25, 0.3) is 0 Å². The maximum Gasteiger partial charge on any atom is 0.0568 e. The average Bonchev–Trinajstić information content (AvgIpc) is 3.09. The second kappa shape index (κ2) is 6.35. The van der Waals surface area contributed by atoms with E-state index < -0.39 is 0 Å². The van der Waals surface area contributed by atoms with Gasteiger partial charge in [0, 0.05) is 17.6 Å². The van der Waals surface area contributed by atoms with Crippen molar-refractivity contribution in [1.29, 1.82) is 0 Å². The van der Waals surface area contributed by atoms with Gasteiger partial charge < -0.3 is 10.6 Å². The van der Waals surface area contributed by atoms with Crippen molar-refractivity contribution in [3.8, 4) is 0 Å². The van der Waals surface area contributed by atoms with Gasteiger partial charge in [-0.2, -0.15) is 11.3 Å². The Morgan fingerprint density at radius 2 is 1.90 bits per heavy atom. The van der Waals surface area contributed by atoms with Gasteiger partial charge in [-0.15, -0.1) is 24.8 Å². The second-order valence-corrected chi connectivity index (χ2v) is 5.93. The predicted molar refractivity (Wildman–Crippen MR) is 90.5 cm³/mol. The van der Waals surface area contributed by atoms with Crippen LogP contribution in [0.2, 0.25) is 0 Å². The Kier molecular flexibility index (Phi) is 4.97. The Balaban J connectivity index is 0.000000735. The normalized spacial score (nSPS) is 26.5. The molecule has 0 aliphatic carbocycles. The van der Waals surface area contributed by atoms with Crippen molar-refractivity contribution in [2.24, 2.45) is 5.92 Å². The van der Waals surface area contributed by atoms with E-state index >= 15 is 0 Å². The third kappa shape index (κ3) is 2.44. The highest BCUT2D eigenvalue weighted by Crippen LogP contribution is 2.47. The van der Waals surface area contributed by atoms with Crippen LogP contribution < -0.4 is 10.6 Å². The molecule has 2 aromatic rings. The summed E-state index contributed by atoms with van der Waals surface area (Å²) in [5, 5.41) is 11.9. The minimum absolute atomic E-state index is 0. The summed E-state index contributed by atoms with van der Waals surface area (Å²) in [7, 11) is 0. The molecule has 2 aliphatic rings. The number of thiophene rings is 1. The van der Waals surface area contributed by atoms with E-state index in [0.717, 1.165) is 6.54 Å². The van der Waals surface area contributed by atoms with Crippen molar-refractivity contribution >= 4 is 41.8 Å². The highest BCUT2D eigenvalue weighted by molar-refractivity contribution is 7.08. The van der Waals surface area contributed by atoms with Gasteiger partial charge in [-0.1, -0.05) is 18.2 Å². The molecule has 1 aromatic carbocycles. The molecule has 108 valence electrons. The van der Waals surface area contributed by atoms with Gasteiger partial charge in [0.05, 0.1) is 6.04 Å². The monoisotopic (exact) mass is 328 g/mol. The van der Waals surface area contributed by atoms with E-state index in [2.05, 4.69) is 51.7 Å². The molecule has 20 heavy (non-hydrogen) atoms. The molecule has 0 amide bonds. The number of hydrogen-bond acceptors (Lipinski definition) is 3. The molecule has 0 unspecified atom stereocenters. The first-order valence-corrected chi connectivity index (χ1v) is 7.49. The lowest BCUT2D eigenvalue weighted by Crippen LogP contribution is -2.32. The second-order valence-electron chi connectivity index (χ2n) is 5.15. The van der Waals surface area contributed by atoms with Crippen LogP contribution in [-0.4, -0.2) is 6.54 Å². The van der Waals surface area contributed by atoms with Gasteiger partial charge in [0.2, 0.25) is 0 Å². The van der Waals surface area contributed by atoms with Gasteiger partial charge in [-0.3, -0.25) is 0 Å². The number of nitrogens with one attached hydrogen (secondary N) is 2. The number of fused-ring (bicyclic) bond motifs is 3. The first-order chi connectivity index (χ1) is 8.93. The highest BCUT2D eigenvalue weighted by atomic mass is 35.5. The van der Waals surface area contributed by atoms with Gasteiger partial charge in [-0.05, 0) is 47.0 Å². The van der Waals surface area contributed by atoms with Crippen LogP contribution in [0.4, 0.5) is 5.69 Å². The fraction of sp³-hybridized carbons (Fsp3) is 0.333. The van der Waals surface area contributed by atoms with Crippen LogP contribution in [0.3, 0.4) is 0 Å². The smallest absolute Gasteiger partial charge is 0.0568 e. The maximum absolute atomic E-state index is 3.74. The number of benzene rings is 1. The maximum atomic E-state index is 3.74. The summed E-state index contributed by atoms with van der Waals surface area (Å²) in [6.45, 7) is 1.13. The van der Waals surface area contributed by atoms with E-state index in [0.29, 0.717) is 18.0 Å². The minimum Gasteiger partial charge on any atom is -0.378 e. The van der Waals surface area contributed by atoms with E-state index in [9.17, 15) is 0 Å². The largest absolute Gasteiger partial charge is 0.378 e. The Bertz CT molecular complexity index is 559. The van der Waals surface area contributed by atoms with E-state index in [4.69, 9.17) is 0 Å².